The minimum absolute atomic E-state index is 0.0293. The molecule has 0 atom stereocenters. The van der Waals surface area contributed by atoms with Crippen molar-refractivity contribution >= 4 is 39.7 Å². The van der Waals surface area contributed by atoms with Crippen molar-refractivity contribution < 1.29 is 9.53 Å². The van der Waals surface area contributed by atoms with Crippen LogP contribution in [-0.4, -0.2) is 12.4 Å². The van der Waals surface area contributed by atoms with Gasteiger partial charge in [0.25, 0.3) is 0 Å². The fourth-order valence-electron chi connectivity index (χ4n) is 1.34. The number of ketones is 1. The summed E-state index contributed by atoms with van der Waals surface area (Å²) >= 11 is 3.73. The normalized spacial score (nSPS) is 10.2. The SMILES string of the molecule is Cc1ccc(C(=O)COc2ccc(I)cc2)s1. The molecule has 17 heavy (non-hydrogen) atoms. The van der Waals surface area contributed by atoms with Crippen molar-refractivity contribution in [2.45, 2.75) is 6.92 Å². The number of hydrogen-bond donors (Lipinski definition) is 0. The van der Waals surface area contributed by atoms with Gasteiger partial charge in [0, 0.05) is 8.45 Å². The van der Waals surface area contributed by atoms with E-state index in [0.717, 1.165) is 19.1 Å². The van der Waals surface area contributed by atoms with Gasteiger partial charge in [-0.15, -0.1) is 11.3 Å². The average molecular weight is 358 g/mol. The first kappa shape index (κ1) is 12.6. The molecule has 0 saturated heterocycles. The van der Waals surface area contributed by atoms with E-state index < -0.39 is 0 Å². The number of ether oxygens (including phenoxy) is 1. The number of hydrogen-bond acceptors (Lipinski definition) is 3. The first-order valence-electron chi connectivity index (χ1n) is 5.13. The molecule has 0 spiro atoms. The third-order valence-corrected chi connectivity index (χ3v) is 3.96. The molecule has 0 radical (unpaired) electrons. The van der Waals surface area contributed by atoms with Crippen LogP contribution in [0.1, 0.15) is 14.5 Å². The van der Waals surface area contributed by atoms with Crippen LogP contribution in [0.4, 0.5) is 0 Å². The number of carbonyl (C=O) groups excluding carboxylic acids is 1. The van der Waals surface area contributed by atoms with Crippen molar-refractivity contribution in [3.8, 4) is 5.75 Å². The lowest BCUT2D eigenvalue weighted by molar-refractivity contribution is 0.0925. The Hall–Kier alpha value is -0.880. The van der Waals surface area contributed by atoms with Crippen LogP contribution >= 0.6 is 33.9 Å². The zero-order chi connectivity index (χ0) is 12.3. The van der Waals surface area contributed by atoms with Crippen molar-refractivity contribution in [1.82, 2.24) is 0 Å². The van der Waals surface area contributed by atoms with E-state index in [1.165, 1.54) is 11.3 Å². The van der Waals surface area contributed by atoms with Crippen LogP contribution in [0.2, 0.25) is 0 Å². The summed E-state index contributed by atoms with van der Waals surface area (Å²) in [4.78, 5) is 13.7. The Morgan fingerprint density at radius 2 is 1.94 bits per heavy atom. The van der Waals surface area contributed by atoms with Crippen LogP contribution in [0.5, 0.6) is 5.75 Å². The lowest BCUT2D eigenvalue weighted by atomic mass is 10.3. The predicted octanol–water partition coefficient (Wildman–Crippen LogP) is 3.92. The van der Waals surface area contributed by atoms with Crippen molar-refractivity contribution in [2.75, 3.05) is 6.61 Å². The third-order valence-electron chi connectivity index (χ3n) is 2.20. The fraction of sp³-hybridized carbons (Fsp3) is 0.154. The van der Waals surface area contributed by atoms with Crippen molar-refractivity contribution in [3.05, 3.63) is 49.7 Å². The molecule has 1 aromatic heterocycles. The van der Waals surface area contributed by atoms with Crippen LogP contribution in [-0.2, 0) is 0 Å². The maximum absolute atomic E-state index is 11.8. The van der Waals surface area contributed by atoms with Gasteiger partial charge in [0.15, 0.2) is 6.61 Å². The standard InChI is InChI=1S/C13H11IO2S/c1-9-2-7-13(17-9)12(15)8-16-11-5-3-10(14)4-6-11/h2-7H,8H2,1H3. The smallest absolute Gasteiger partial charge is 0.210 e. The van der Waals surface area contributed by atoms with E-state index >= 15 is 0 Å². The molecule has 2 aromatic rings. The van der Waals surface area contributed by atoms with Gasteiger partial charge in [-0.2, -0.15) is 0 Å². The second-order valence-electron chi connectivity index (χ2n) is 3.58. The summed E-state index contributed by atoms with van der Waals surface area (Å²) in [5.41, 5.74) is 0. The van der Waals surface area contributed by atoms with E-state index in [-0.39, 0.29) is 12.4 Å². The van der Waals surface area contributed by atoms with Crippen LogP contribution in [0.15, 0.2) is 36.4 Å². The van der Waals surface area contributed by atoms with E-state index in [2.05, 4.69) is 22.6 Å². The minimum Gasteiger partial charge on any atom is -0.485 e. The topological polar surface area (TPSA) is 26.3 Å². The molecule has 0 bridgehead atoms. The van der Waals surface area contributed by atoms with Crippen molar-refractivity contribution in [3.63, 3.8) is 0 Å². The molecule has 0 amide bonds. The molecule has 2 nitrogen and oxygen atoms in total. The Kier molecular flexibility index (Phi) is 4.17. The highest BCUT2D eigenvalue weighted by Crippen LogP contribution is 2.17. The molecule has 2 rings (SSSR count). The predicted molar refractivity (Wildman–Crippen MR) is 78.0 cm³/mol. The van der Waals surface area contributed by atoms with Gasteiger partial charge in [-0.05, 0) is 65.9 Å². The Morgan fingerprint density at radius 3 is 2.53 bits per heavy atom. The van der Waals surface area contributed by atoms with Gasteiger partial charge in [0.1, 0.15) is 5.75 Å². The van der Waals surface area contributed by atoms with E-state index in [1.54, 1.807) is 0 Å². The molecule has 4 heteroatoms. The molecule has 1 aromatic carbocycles. The molecular weight excluding hydrogens is 347 g/mol. The van der Waals surface area contributed by atoms with Crippen LogP contribution in [0.25, 0.3) is 0 Å². The first-order valence-corrected chi connectivity index (χ1v) is 7.03. The lowest BCUT2D eigenvalue weighted by Gasteiger charge is -2.04. The van der Waals surface area contributed by atoms with Crippen LogP contribution < -0.4 is 4.74 Å². The summed E-state index contributed by atoms with van der Waals surface area (Å²) in [6.07, 6.45) is 0. The number of rotatable bonds is 4. The summed E-state index contributed by atoms with van der Waals surface area (Å²) in [7, 11) is 0. The zero-order valence-corrected chi connectivity index (χ0v) is 12.2. The lowest BCUT2D eigenvalue weighted by Crippen LogP contribution is -2.09. The largest absolute Gasteiger partial charge is 0.485 e. The molecule has 0 aliphatic carbocycles. The number of aryl methyl sites for hydroxylation is 1. The summed E-state index contributed by atoms with van der Waals surface area (Å²) in [6, 6.07) is 11.4. The highest BCUT2D eigenvalue weighted by molar-refractivity contribution is 14.1. The molecule has 88 valence electrons. The number of benzene rings is 1. The fourth-order valence-corrected chi connectivity index (χ4v) is 2.49. The van der Waals surface area contributed by atoms with Gasteiger partial charge >= 0.3 is 0 Å². The second-order valence-corrected chi connectivity index (χ2v) is 6.11. The van der Waals surface area contributed by atoms with Gasteiger partial charge in [-0.1, -0.05) is 0 Å². The van der Waals surface area contributed by atoms with E-state index in [9.17, 15) is 4.79 Å². The first-order chi connectivity index (χ1) is 8.15. The Bertz CT molecular complexity index is 516. The zero-order valence-electron chi connectivity index (χ0n) is 9.27. The maximum atomic E-state index is 11.8. The van der Waals surface area contributed by atoms with Gasteiger partial charge in [-0.3, -0.25) is 4.79 Å². The molecule has 0 fully saturated rings. The quantitative estimate of drug-likeness (QED) is 0.612. The van der Waals surface area contributed by atoms with E-state index in [4.69, 9.17) is 4.74 Å². The number of carbonyl (C=O) groups is 1. The van der Waals surface area contributed by atoms with Gasteiger partial charge in [-0.25, -0.2) is 0 Å². The summed E-state index contributed by atoms with van der Waals surface area (Å²) in [5.74, 6) is 0.758. The maximum Gasteiger partial charge on any atom is 0.210 e. The monoisotopic (exact) mass is 358 g/mol. The van der Waals surface area contributed by atoms with E-state index in [1.807, 2.05) is 43.3 Å². The highest BCUT2D eigenvalue weighted by atomic mass is 127. The summed E-state index contributed by atoms with van der Waals surface area (Å²) in [5, 5.41) is 0. The minimum atomic E-state index is 0.0293. The second kappa shape index (κ2) is 5.64. The average Bonchev–Trinajstić information content (AvgIpc) is 2.75. The van der Waals surface area contributed by atoms with Crippen LogP contribution in [0, 0.1) is 10.5 Å². The third kappa shape index (κ3) is 3.54. The number of Topliss-reactive ketones (excluding diaryl/α,β-unsaturated/α-hetero) is 1. The summed E-state index contributed by atoms with van der Waals surface area (Å²) < 4.78 is 6.59. The number of thiophene rings is 1. The van der Waals surface area contributed by atoms with Gasteiger partial charge < -0.3 is 4.74 Å². The number of halogens is 1. The molecule has 0 saturated carbocycles. The Balaban J connectivity index is 1.94. The Labute approximate surface area is 118 Å². The van der Waals surface area contributed by atoms with Gasteiger partial charge in [0.05, 0.1) is 4.88 Å². The molecular formula is C13H11IO2S. The molecule has 0 aliphatic heterocycles. The molecule has 0 N–H and O–H groups in total. The van der Waals surface area contributed by atoms with Crippen molar-refractivity contribution in [2.24, 2.45) is 0 Å². The Morgan fingerprint density at radius 1 is 1.24 bits per heavy atom. The van der Waals surface area contributed by atoms with E-state index in [0.29, 0.717) is 0 Å². The van der Waals surface area contributed by atoms with Crippen molar-refractivity contribution in [1.29, 1.82) is 0 Å². The molecule has 1 heterocycles. The summed E-state index contributed by atoms with van der Waals surface area (Å²) in [6.45, 7) is 2.09. The van der Waals surface area contributed by atoms with Gasteiger partial charge in [0.2, 0.25) is 5.78 Å². The van der Waals surface area contributed by atoms with Crippen LogP contribution in [0.3, 0.4) is 0 Å². The highest BCUT2D eigenvalue weighted by Gasteiger charge is 2.08. The molecule has 0 aliphatic rings. The molecule has 0 unspecified atom stereocenters.